The molecule has 0 spiro atoms. The van der Waals surface area contributed by atoms with Crippen LogP contribution in [0.25, 0.3) is 0 Å². The van der Waals surface area contributed by atoms with E-state index in [-0.39, 0.29) is 23.8 Å². The molecule has 0 aromatic heterocycles. The van der Waals surface area contributed by atoms with Gasteiger partial charge in [0.15, 0.2) is 11.5 Å². The molecule has 31 heavy (non-hydrogen) atoms. The van der Waals surface area contributed by atoms with Crippen molar-refractivity contribution >= 4 is 11.8 Å². The van der Waals surface area contributed by atoms with Crippen molar-refractivity contribution in [1.29, 1.82) is 0 Å². The van der Waals surface area contributed by atoms with Crippen LogP contribution in [-0.2, 0) is 4.79 Å². The second-order valence-corrected chi connectivity index (χ2v) is 7.64. The molecular weight excluding hydrogens is 396 g/mol. The lowest BCUT2D eigenvalue weighted by Crippen LogP contribution is -2.43. The monoisotopic (exact) mass is 426 g/mol. The molecule has 1 fully saturated rings. The molecule has 1 saturated heterocycles. The van der Waals surface area contributed by atoms with Gasteiger partial charge in [0.2, 0.25) is 5.91 Å². The summed E-state index contributed by atoms with van der Waals surface area (Å²) in [6.07, 6.45) is 1.28. The number of hydrogen-bond acceptors (Lipinski definition) is 5. The molecule has 0 aliphatic carbocycles. The number of piperidine rings is 1. The standard InChI is InChI=1S/C24H30N2O5/c1-16(17-5-8-20(29-2)9-6-17)25-23(27)18-11-13-26(14-12-18)24(28)19-7-10-21(30-3)22(15-19)31-4/h5-10,15-16,18H,11-14H2,1-4H3,(H,25,27). The van der Waals surface area contributed by atoms with Crippen LogP contribution in [0.2, 0.25) is 0 Å². The fraction of sp³-hybridized carbons (Fsp3) is 0.417. The smallest absolute Gasteiger partial charge is 0.253 e. The van der Waals surface area contributed by atoms with Crippen molar-refractivity contribution in [1.82, 2.24) is 10.2 Å². The Morgan fingerprint density at radius 1 is 0.935 bits per heavy atom. The summed E-state index contributed by atoms with van der Waals surface area (Å²) in [4.78, 5) is 27.4. The molecule has 1 unspecified atom stereocenters. The summed E-state index contributed by atoms with van der Waals surface area (Å²) in [6.45, 7) is 3.06. The molecule has 0 bridgehead atoms. The van der Waals surface area contributed by atoms with Crippen LogP contribution in [0.15, 0.2) is 42.5 Å². The van der Waals surface area contributed by atoms with E-state index in [0.29, 0.717) is 43.0 Å². The van der Waals surface area contributed by atoms with E-state index in [1.165, 1.54) is 0 Å². The molecule has 0 saturated carbocycles. The fourth-order valence-corrected chi connectivity index (χ4v) is 3.80. The van der Waals surface area contributed by atoms with Gasteiger partial charge in [0.05, 0.1) is 27.4 Å². The zero-order valence-electron chi connectivity index (χ0n) is 18.5. The molecule has 2 aromatic rings. The van der Waals surface area contributed by atoms with E-state index in [9.17, 15) is 9.59 Å². The summed E-state index contributed by atoms with van der Waals surface area (Å²) in [5.74, 6) is 1.76. The van der Waals surface area contributed by atoms with Gasteiger partial charge < -0.3 is 24.4 Å². The van der Waals surface area contributed by atoms with Gasteiger partial charge in [-0.1, -0.05) is 12.1 Å². The summed E-state index contributed by atoms with van der Waals surface area (Å²) >= 11 is 0. The molecule has 166 valence electrons. The number of carbonyl (C=O) groups is 2. The molecule has 1 heterocycles. The van der Waals surface area contributed by atoms with Gasteiger partial charge >= 0.3 is 0 Å². The van der Waals surface area contributed by atoms with Crippen molar-refractivity contribution in [3.05, 3.63) is 53.6 Å². The summed E-state index contributed by atoms with van der Waals surface area (Å²) < 4.78 is 15.7. The Morgan fingerprint density at radius 3 is 2.16 bits per heavy atom. The molecule has 1 atom stereocenters. The quantitative estimate of drug-likeness (QED) is 0.734. The molecule has 2 amide bonds. The van der Waals surface area contributed by atoms with Crippen LogP contribution in [0.4, 0.5) is 0 Å². The first-order valence-electron chi connectivity index (χ1n) is 10.4. The van der Waals surface area contributed by atoms with Gasteiger partial charge in [0, 0.05) is 24.6 Å². The molecule has 1 aliphatic heterocycles. The van der Waals surface area contributed by atoms with Gasteiger partial charge in [-0.15, -0.1) is 0 Å². The Balaban J connectivity index is 1.54. The van der Waals surface area contributed by atoms with Crippen LogP contribution in [-0.4, -0.2) is 51.1 Å². The lowest BCUT2D eigenvalue weighted by atomic mass is 9.94. The minimum atomic E-state index is -0.102. The van der Waals surface area contributed by atoms with Gasteiger partial charge in [0.1, 0.15) is 5.75 Å². The maximum absolute atomic E-state index is 12.9. The first-order valence-corrected chi connectivity index (χ1v) is 10.4. The summed E-state index contributed by atoms with van der Waals surface area (Å²) in [5, 5.41) is 3.09. The number of nitrogens with zero attached hydrogens (tertiary/aromatic N) is 1. The first kappa shape index (κ1) is 22.5. The van der Waals surface area contributed by atoms with Crippen molar-refractivity contribution in [3.63, 3.8) is 0 Å². The molecule has 7 nitrogen and oxygen atoms in total. The van der Waals surface area contributed by atoms with E-state index < -0.39 is 0 Å². The molecule has 0 radical (unpaired) electrons. The van der Waals surface area contributed by atoms with Crippen molar-refractivity contribution in [2.24, 2.45) is 5.92 Å². The Labute approximate surface area is 183 Å². The number of likely N-dealkylation sites (tertiary alicyclic amines) is 1. The van der Waals surface area contributed by atoms with Crippen LogP contribution < -0.4 is 19.5 Å². The van der Waals surface area contributed by atoms with Gasteiger partial charge in [-0.3, -0.25) is 9.59 Å². The number of hydrogen-bond donors (Lipinski definition) is 1. The van der Waals surface area contributed by atoms with Crippen LogP contribution in [0, 0.1) is 5.92 Å². The largest absolute Gasteiger partial charge is 0.497 e. The highest BCUT2D eigenvalue weighted by molar-refractivity contribution is 5.95. The maximum atomic E-state index is 12.9. The van der Waals surface area contributed by atoms with E-state index in [4.69, 9.17) is 14.2 Å². The van der Waals surface area contributed by atoms with Crippen molar-refractivity contribution < 1.29 is 23.8 Å². The molecular formula is C24H30N2O5. The van der Waals surface area contributed by atoms with E-state index in [2.05, 4.69) is 5.32 Å². The van der Waals surface area contributed by atoms with Crippen LogP contribution in [0.3, 0.4) is 0 Å². The topological polar surface area (TPSA) is 77.1 Å². The third-order valence-corrected chi connectivity index (χ3v) is 5.76. The predicted octanol–water partition coefficient (Wildman–Crippen LogP) is 3.44. The Morgan fingerprint density at radius 2 is 1.58 bits per heavy atom. The van der Waals surface area contributed by atoms with Gasteiger partial charge in [-0.25, -0.2) is 0 Å². The molecule has 2 aromatic carbocycles. The van der Waals surface area contributed by atoms with E-state index in [1.807, 2.05) is 31.2 Å². The third kappa shape index (κ3) is 5.29. The highest BCUT2D eigenvalue weighted by atomic mass is 16.5. The van der Waals surface area contributed by atoms with Crippen LogP contribution in [0.1, 0.15) is 41.7 Å². The first-order chi connectivity index (χ1) is 15.0. The Hall–Kier alpha value is -3.22. The van der Waals surface area contributed by atoms with E-state index in [0.717, 1.165) is 11.3 Å². The number of methoxy groups -OCH3 is 3. The normalized spacial score (nSPS) is 15.2. The molecule has 1 aliphatic rings. The van der Waals surface area contributed by atoms with Crippen LogP contribution in [0.5, 0.6) is 17.2 Å². The average Bonchev–Trinajstić information content (AvgIpc) is 2.83. The highest BCUT2D eigenvalue weighted by Crippen LogP contribution is 2.29. The second kappa shape index (κ2) is 10.2. The lowest BCUT2D eigenvalue weighted by Gasteiger charge is -2.32. The minimum absolute atomic E-state index is 0.0292. The maximum Gasteiger partial charge on any atom is 0.253 e. The number of rotatable bonds is 7. The zero-order chi connectivity index (χ0) is 22.4. The van der Waals surface area contributed by atoms with E-state index >= 15 is 0 Å². The molecule has 7 heteroatoms. The highest BCUT2D eigenvalue weighted by Gasteiger charge is 2.29. The summed E-state index contributed by atoms with van der Waals surface area (Å²) in [6, 6.07) is 12.7. The SMILES string of the molecule is COc1ccc(C(C)NC(=O)C2CCN(C(=O)c3ccc(OC)c(OC)c3)CC2)cc1. The number of carbonyl (C=O) groups excluding carboxylic acids is 2. The number of amides is 2. The zero-order valence-corrected chi connectivity index (χ0v) is 18.5. The Bertz CT molecular complexity index is 905. The van der Waals surface area contributed by atoms with Gasteiger partial charge in [0.25, 0.3) is 5.91 Å². The molecule has 1 N–H and O–H groups in total. The second-order valence-electron chi connectivity index (χ2n) is 7.64. The summed E-state index contributed by atoms with van der Waals surface area (Å²) in [7, 11) is 4.73. The number of benzene rings is 2. The van der Waals surface area contributed by atoms with Gasteiger partial charge in [-0.2, -0.15) is 0 Å². The number of ether oxygens (including phenoxy) is 3. The predicted molar refractivity (Wildman–Crippen MR) is 118 cm³/mol. The Kier molecular flexibility index (Phi) is 7.39. The third-order valence-electron chi connectivity index (χ3n) is 5.76. The van der Waals surface area contributed by atoms with Crippen LogP contribution >= 0.6 is 0 Å². The van der Waals surface area contributed by atoms with Gasteiger partial charge in [-0.05, 0) is 55.7 Å². The lowest BCUT2D eigenvalue weighted by molar-refractivity contribution is -0.126. The summed E-state index contributed by atoms with van der Waals surface area (Å²) in [5.41, 5.74) is 1.57. The van der Waals surface area contributed by atoms with Crippen molar-refractivity contribution in [2.75, 3.05) is 34.4 Å². The fourth-order valence-electron chi connectivity index (χ4n) is 3.80. The van der Waals surface area contributed by atoms with Crippen molar-refractivity contribution in [3.8, 4) is 17.2 Å². The average molecular weight is 427 g/mol. The minimum Gasteiger partial charge on any atom is -0.497 e. The number of nitrogens with one attached hydrogen (secondary N) is 1. The van der Waals surface area contributed by atoms with Crippen molar-refractivity contribution in [2.45, 2.75) is 25.8 Å². The van der Waals surface area contributed by atoms with E-state index in [1.54, 1.807) is 44.4 Å². The molecule has 3 rings (SSSR count).